The minimum atomic E-state index is -4.44. The summed E-state index contributed by atoms with van der Waals surface area (Å²) in [6.45, 7) is 0. The first-order valence-corrected chi connectivity index (χ1v) is 8.95. The van der Waals surface area contributed by atoms with Crippen molar-refractivity contribution in [1.82, 2.24) is 0 Å². The van der Waals surface area contributed by atoms with Crippen molar-refractivity contribution in [2.24, 2.45) is 5.16 Å². The number of aliphatic hydroxyl groups excluding tert-OH is 1. The van der Waals surface area contributed by atoms with E-state index in [1.54, 1.807) is 0 Å². The largest absolute Gasteiger partial charge is 0.511 e. The number of amides is 1. The summed E-state index contributed by atoms with van der Waals surface area (Å²) in [5, 5.41) is 16.9. The molecule has 30 heavy (non-hydrogen) atoms. The average molecular weight is 422 g/mol. The highest BCUT2D eigenvalue weighted by Gasteiger charge is 2.33. The number of hydrogen-bond donors (Lipinski definition) is 2. The van der Waals surface area contributed by atoms with E-state index in [1.165, 1.54) is 43.5 Å². The summed E-state index contributed by atoms with van der Waals surface area (Å²) in [7, 11) is 1.28. The molecule has 158 valence electrons. The third-order valence-corrected chi connectivity index (χ3v) is 4.70. The quantitative estimate of drug-likeness (QED) is 0.527. The van der Waals surface area contributed by atoms with Gasteiger partial charge in [0.2, 0.25) is 0 Å². The first kappa shape index (κ1) is 21.4. The Kier molecular flexibility index (Phi) is 6.09. The van der Waals surface area contributed by atoms with Crippen LogP contribution < -0.4 is 5.32 Å². The smallest absolute Gasteiger partial charge is 0.416 e. The van der Waals surface area contributed by atoms with Gasteiger partial charge in [-0.1, -0.05) is 17.3 Å². The van der Waals surface area contributed by atoms with Crippen LogP contribution in [0.5, 0.6) is 0 Å². The van der Waals surface area contributed by atoms with Crippen molar-refractivity contribution in [2.75, 3.05) is 12.4 Å². The molecule has 0 saturated carbocycles. The van der Waals surface area contributed by atoms with E-state index in [-0.39, 0.29) is 35.8 Å². The Balaban J connectivity index is 1.85. The Morgan fingerprint density at radius 3 is 2.30 bits per heavy atom. The number of nitrogens with zero attached hydrogens (tertiary/aromatic N) is 1. The van der Waals surface area contributed by atoms with Crippen LogP contribution in [0.3, 0.4) is 0 Å². The lowest BCUT2D eigenvalue weighted by molar-refractivity contribution is -0.137. The van der Waals surface area contributed by atoms with Crippen LogP contribution in [-0.2, 0) is 15.8 Å². The van der Waals surface area contributed by atoms with Crippen molar-refractivity contribution >= 4 is 17.3 Å². The summed E-state index contributed by atoms with van der Waals surface area (Å²) in [6, 6.07) is 9.71. The van der Waals surface area contributed by atoms with Gasteiger partial charge in [-0.2, -0.15) is 13.2 Å². The molecule has 1 aliphatic rings. The van der Waals surface area contributed by atoms with Crippen LogP contribution in [-0.4, -0.2) is 23.8 Å². The Morgan fingerprint density at radius 1 is 1.10 bits per heavy atom. The zero-order valence-corrected chi connectivity index (χ0v) is 15.8. The number of hydrogen-bond acceptors (Lipinski definition) is 4. The summed E-state index contributed by atoms with van der Waals surface area (Å²) in [4.78, 5) is 17.5. The molecular weight excluding hydrogens is 404 g/mol. The van der Waals surface area contributed by atoms with Gasteiger partial charge in [-0.25, -0.2) is 4.39 Å². The Bertz CT molecular complexity index is 981. The number of oxime groups is 1. The molecule has 3 rings (SSSR count). The summed E-state index contributed by atoms with van der Waals surface area (Å²) in [5.41, 5.74) is 0.196. The maximum absolute atomic E-state index is 13.0. The van der Waals surface area contributed by atoms with Crippen LogP contribution in [0.2, 0.25) is 0 Å². The first-order chi connectivity index (χ1) is 14.2. The lowest BCUT2D eigenvalue weighted by Crippen LogP contribution is -2.28. The number of allylic oxidation sites excluding steroid dienone is 1. The second-order valence-electron chi connectivity index (χ2n) is 6.73. The number of halogens is 4. The van der Waals surface area contributed by atoms with Gasteiger partial charge in [-0.05, 0) is 47.9 Å². The normalized spacial score (nSPS) is 18.4. The molecule has 1 amide bonds. The number of carbonyl (C=O) groups excluding carboxylic acids is 1. The van der Waals surface area contributed by atoms with Crippen LogP contribution >= 0.6 is 0 Å². The van der Waals surface area contributed by atoms with Gasteiger partial charge < -0.3 is 15.3 Å². The van der Waals surface area contributed by atoms with Crippen molar-refractivity contribution in [3.63, 3.8) is 0 Å². The van der Waals surface area contributed by atoms with Crippen LogP contribution in [0.4, 0.5) is 23.2 Å². The van der Waals surface area contributed by atoms with Gasteiger partial charge in [-0.3, -0.25) is 4.79 Å². The minimum Gasteiger partial charge on any atom is -0.511 e. The highest BCUT2D eigenvalue weighted by atomic mass is 19.4. The molecule has 2 aromatic carbocycles. The van der Waals surface area contributed by atoms with E-state index in [2.05, 4.69) is 10.5 Å². The Labute approximate surface area is 169 Å². The van der Waals surface area contributed by atoms with Gasteiger partial charge >= 0.3 is 6.18 Å². The van der Waals surface area contributed by atoms with Crippen LogP contribution in [0, 0.1) is 5.82 Å². The molecule has 5 nitrogen and oxygen atoms in total. The molecule has 0 saturated heterocycles. The van der Waals surface area contributed by atoms with Crippen molar-refractivity contribution in [3.05, 3.63) is 76.8 Å². The number of alkyl halides is 3. The van der Waals surface area contributed by atoms with Crippen LogP contribution in [0.15, 0.2) is 65.0 Å². The van der Waals surface area contributed by atoms with Gasteiger partial charge in [0.25, 0.3) is 5.91 Å². The maximum Gasteiger partial charge on any atom is 0.416 e. The molecule has 2 aromatic rings. The molecule has 1 atom stereocenters. The number of carbonyl (C=O) groups is 1. The van der Waals surface area contributed by atoms with E-state index < -0.39 is 23.5 Å². The zero-order valence-electron chi connectivity index (χ0n) is 15.8. The maximum atomic E-state index is 13.0. The number of anilines is 1. The Morgan fingerprint density at radius 2 is 1.73 bits per heavy atom. The number of nitrogens with one attached hydrogen (secondary N) is 1. The molecule has 0 aromatic heterocycles. The molecule has 2 N–H and O–H groups in total. The van der Waals surface area contributed by atoms with E-state index >= 15 is 0 Å². The molecule has 0 aliphatic heterocycles. The second-order valence-corrected chi connectivity index (χ2v) is 6.73. The summed E-state index contributed by atoms with van der Waals surface area (Å²) in [6.07, 6.45) is -4.23. The third-order valence-electron chi connectivity index (χ3n) is 4.70. The third kappa shape index (κ3) is 4.79. The number of aliphatic hydroxyl groups is 1. The summed E-state index contributed by atoms with van der Waals surface area (Å²) < 4.78 is 51.4. The van der Waals surface area contributed by atoms with E-state index in [0.717, 1.165) is 12.1 Å². The highest BCUT2D eigenvalue weighted by Crippen LogP contribution is 2.36. The van der Waals surface area contributed by atoms with E-state index in [1.807, 2.05) is 0 Å². The fraction of sp³-hybridized carbons (Fsp3) is 0.238. The first-order valence-electron chi connectivity index (χ1n) is 8.95. The molecule has 0 fully saturated rings. The number of benzene rings is 2. The van der Waals surface area contributed by atoms with Crippen LogP contribution in [0.1, 0.15) is 29.9 Å². The summed E-state index contributed by atoms with van der Waals surface area (Å²) in [5.74, 6) is -1.76. The molecule has 0 radical (unpaired) electrons. The van der Waals surface area contributed by atoms with Gasteiger partial charge in [0, 0.05) is 18.5 Å². The van der Waals surface area contributed by atoms with Gasteiger partial charge in [0.1, 0.15) is 24.3 Å². The molecule has 9 heteroatoms. The lowest BCUT2D eigenvalue weighted by Gasteiger charge is -2.25. The highest BCUT2D eigenvalue weighted by molar-refractivity contribution is 6.26. The SMILES string of the molecule is CO/N=C1\CC(c2ccc(C(F)(F)F)cc2)CC(O)=C1C(=O)Nc1ccc(F)cc1. The van der Waals surface area contributed by atoms with Crippen molar-refractivity contribution in [3.8, 4) is 0 Å². The van der Waals surface area contributed by atoms with Gasteiger partial charge in [0.15, 0.2) is 0 Å². The summed E-state index contributed by atoms with van der Waals surface area (Å²) >= 11 is 0. The predicted octanol–water partition coefficient (Wildman–Crippen LogP) is 5.18. The average Bonchev–Trinajstić information content (AvgIpc) is 2.69. The molecule has 1 aliphatic carbocycles. The van der Waals surface area contributed by atoms with Crippen molar-refractivity contribution in [2.45, 2.75) is 24.9 Å². The molecule has 0 bridgehead atoms. The Hall–Kier alpha value is -3.36. The monoisotopic (exact) mass is 422 g/mol. The fourth-order valence-corrected chi connectivity index (χ4v) is 3.27. The topological polar surface area (TPSA) is 70.9 Å². The molecule has 0 heterocycles. The van der Waals surface area contributed by atoms with Gasteiger partial charge in [-0.15, -0.1) is 0 Å². The van der Waals surface area contributed by atoms with Crippen molar-refractivity contribution < 1.29 is 32.3 Å². The van der Waals surface area contributed by atoms with E-state index in [9.17, 15) is 27.5 Å². The second kappa shape index (κ2) is 8.56. The van der Waals surface area contributed by atoms with Crippen molar-refractivity contribution in [1.29, 1.82) is 0 Å². The van der Waals surface area contributed by atoms with Gasteiger partial charge in [0.05, 0.1) is 11.3 Å². The molecule has 0 spiro atoms. The number of rotatable bonds is 4. The zero-order chi connectivity index (χ0) is 21.9. The minimum absolute atomic E-state index is 0.0419. The van der Waals surface area contributed by atoms with Crippen LogP contribution in [0.25, 0.3) is 0 Å². The van der Waals surface area contributed by atoms with E-state index in [0.29, 0.717) is 11.3 Å². The fourth-order valence-electron chi connectivity index (χ4n) is 3.27. The molecular formula is C21H18F4N2O3. The molecule has 1 unspecified atom stereocenters. The van der Waals surface area contributed by atoms with E-state index in [4.69, 9.17) is 4.84 Å². The lowest BCUT2D eigenvalue weighted by atomic mass is 9.81. The standard InChI is InChI=1S/C21H18F4N2O3/c1-30-27-17-10-13(12-2-4-14(5-3-12)21(23,24)25)11-18(28)19(17)20(29)26-16-8-6-15(22)7-9-16/h2-9,13,28H,10-11H2,1H3,(H,26,29)/b27-17+. The predicted molar refractivity (Wildman–Crippen MR) is 103 cm³/mol.